The first kappa shape index (κ1) is 17.7. The molecular weight excluding hydrogens is 313 g/mol. The molecule has 3 rings (SSSR count). The second-order valence-corrected chi connectivity index (χ2v) is 7.20. The molecule has 0 aliphatic carbocycles. The van der Waals surface area contributed by atoms with Crippen LogP contribution in [-0.2, 0) is 14.1 Å². The van der Waals surface area contributed by atoms with E-state index in [0.717, 1.165) is 22.3 Å². The van der Waals surface area contributed by atoms with Crippen LogP contribution in [0.2, 0.25) is 0 Å². The van der Waals surface area contributed by atoms with Crippen LogP contribution in [0.25, 0.3) is 0 Å². The molecule has 0 radical (unpaired) electrons. The fourth-order valence-corrected chi connectivity index (χ4v) is 2.74. The number of benzene rings is 2. The quantitative estimate of drug-likeness (QED) is 0.488. The molecule has 2 aromatic carbocycles. The van der Waals surface area contributed by atoms with Gasteiger partial charge in [0.05, 0.1) is 11.2 Å². The molecule has 25 heavy (non-hydrogen) atoms. The maximum absolute atomic E-state index is 6.11. The van der Waals surface area contributed by atoms with Gasteiger partial charge in [0.15, 0.2) is 0 Å². The highest BCUT2D eigenvalue weighted by Gasteiger charge is 2.51. The smallest absolute Gasteiger partial charge is 0.399 e. The lowest BCUT2D eigenvalue weighted by Gasteiger charge is -2.32. The predicted molar refractivity (Wildman–Crippen MR) is 101 cm³/mol. The number of nitrogens with zero attached hydrogens (tertiary/aromatic N) is 1. The Hall–Kier alpha value is -2.11. The topological polar surface area (TPSA) is 40.0 Å². The fraction of sp³-hybridized carbons (Fsp3) is 0.350. The second kappa shape index (κ2) is 6.66. The summed E-state index contributed by atoms with van der Waals surface area (Å²) in [7, 11) is 1.19. The van der Waals surface area contributed by atoms with E-state index in [1.807, 2.05) is 54.6 Å². The molecule has 1 aliphatic heterocycles. The highest BCUT2D eigenvalue weighted by molar-refractivity contribution is 6.62. The normalized spacial score (nSPS) is 19.1. The molecular formula is C20H24BNO3. The minimum atomic E-state index is -0.362. The number of hydrogen-bond acceptors (Lipinski definition) is 4. The van der Waals surface area contributed by atoms with Gasteiger partial charge >= 0.3 is 7.12 Å². The van der Waals surface area contributed by atoms with E-state index in [0.29, 0.717) is 0 Å². The van der Waals surface area contributed by atoms with Crippen molar-refractivity contribution in [1.82, 2.24) is 0 Å². The maximum Gasteiger partial charge on any atom is 0.494 e. The lowest BCUT2D eigenvalue weighted by molar-refractivity contribution is 0.00578. The van der Waals surface area contributed by atoms with Crippen molar-refractivity contribution in [3.63, 3.8) is 0 Å². The minimum absolute atomic E-state index is 0.344. The Bertz CT molecular complexity index is 738. The van der Waals surface area contributed by atoms with Crippen molar-refractivity contribution in [2.24, 2.45) is 5.16 Å². The molecule has 1 aliphatic rings. The van der Waals surface area contributed by atoms with Crippen LogP contribution in [0.3, 0.4) is 0 Å². The van der Waals surface area contributed by atoms with Gasteiger partial charge in [0.25, 0.3) is 0 Å². The largest absolute Gasteiger partial charge is 0.494 e. The van der Waals surface area contributed by atoms with Crippen molar-refractivity contribution in [3.8, 4) is 0 Å². The molecule has 4 nitrogen and oxygen atoms in total. The van der Waals surface area contributed by atoms with E-state index in [9.17, 15) is 0 Å². The van der Waals surface area contributed by atoms with Crippen LogP contribution in [0.5, 0.6) is 0 Å². The monoisotopic (exact) mass is 337 g/mol. The summed E-state index contributed by atoms with van der Waals surface area (Å²) >= 11 is 0. The summed E-state index contributed by atoms with van der Waals surface area (Å²) in [6.45, 7) is 8.22. The van der Waals surface area contributed by atoms with E-state index in [2.05, 4.69) is 32.9 Å². The van der Waals surface area contributed by atoms with Crippen LogP contribution in [0.4, 0.5) is 0 Å². The summed E-state index contributed by atoms with van der Waals surface area (Å²) in [5, 5.41) is 4.19. The minimum Gasteiger partial charge on any atom is -0.399 e. The van der Waals surface area contributed by atoms with Gasteiger partial charge < -0.3 is 14.1 Å². The number of oxime groups is 1. The first-order chi connectivity index (χ1) is 11.8. The molecule has 0 aromatic heterocycles. The van der Waals surface area contributed by atoms with Crippen molar-refractivity contribution < 1.29 is 14.1 Å². The average molecular weight is 337 g/mol. The summed E-state index contributed by atoms with van der Waals surface area (Å²) in [6, 6.07) is 18.1. The molecule has 5 heteroatoms. The zero-order valence-electron chi connectivity index (χ0n) is 15.4. The zero-order valence-corrected chi connectivity index (χ0v) is 15.4. The van der Waals surface area contributed by atoms with E-state index < -0.39 is 0 Å². The molecule has 1 fully saturated rings. The molecule has 2 aromatic rings. The van der Waals surface area contributed by atoms with E-state index in [1.165, 1.54) is 0 Å². The Morgan fingerprint density at radius 3 is 1.88 bits per heavy atom. The summed E-state index contributed by atoms with van der Waals surface area (Å²) in [5.74, 6) is 0. The molecule has 0 saturated carbocycles. The number of hydrogen-bond donors (Lipinski definition) is 0. The maximum atomic E-state index is 6.11. The Balaban J connectivity index is 1.86. The summed E-state index contributed by atoms with van der Waals surface area (Å²) in [4.78, 5) is 5.04. The van der Waals surface area contributed by atoms with Crippen molar-refractivity contribution in [1.29, 1.82) is 0 Å². The Morgan fingerprint density at radius 2 is 1.36 bits per heavy atom. The molecule has 0 amide bonds. The van der Waals surface area contributed by atoms with Gasteiger partial charge in [0, 0.05) is 11.1 Å². The SMILES string of the molecule is CON=C(c1ccccc1)c1ccc(B2OC(C)(C)C(C)(C)O2)cc1. The van der Waals surface area contributed by atoms with Crippen molar-refractivity contribution in [2.45, 2.75) is 38.9 Å². The van der Waals surface area contributed by atoms with Gasteiger partial charge in [0.1, 0.15) is 12.8 Å². The van der Waals surface area contributed by atoms with Crippen LogP contribution in [0, 0.1) is 0 Å². The predicted octanol–water partition coefficient (Wildman–Crippen LogP) is 3.38. The summed E-state index contributed by atoms with van der Waals surface area (Å²) < 4.78 is 12.2. The molecule has 0 spiro atoms. The van der Waals surface area contributed by atoms with E-state index in [1.54, 1.807) is 7.11 Å². The van der Waals surface area contributed by atoms with Crippen LogP contribution in [-0.4, -0.2) is 31.1 Å². The molecule has 1 heterocycles. The standard InChI is InChI=1S/C20H24BNO3/c1-19(2)20(3,4)25-21(24-19)17-13-11-16(12-14-17)18(22-23-5)15-9-7-6-8-10-15/h6-14H,1-5H3. The van der Waals surface area contributed by atoms with Gasteiger partial charge in [-0.3, -0.25) is 0 Å². The van der Waals surface area contributed by atoms with Crippen molar-refractivity contribution >= 4 is 18.3 Å². The lowest BCUT2D eigenvalue weighted by Crippen LogP contribution is -2.41. The molecule has 0 N–H and O–H groups in total. The van der Waals surface area contributed by atoms with E-state index in [4.69, 9.17) is 14.1 Å². The summed E-state index contributed by atoms with van der Waals surface area (Å²) in [5.41, 5.74) is 3.09. The van der Waals surface area contributed by atoms with E-state index in [-0.39, 0.29) is 18.3 Å². The Kier molecular flexibility index (Phi) is 4.72. The average Bonchev–Trinajstić information content (AvgIpc) is 2.81. The Labute approximate surface area is 149 Å². The van der Waals surface area contributed by atoms with Crippen LogP contribution >= 0.6 is 0 Å². The van der Waals surface area contributed by atoms with Crippen LogP contribution in [0.1, 0.15) is 38.8 Å². The Morgan fingerprint density at radius 1 is 0.840 bits per heavy atom. The molecule has 130 valence electrons. The van der Waals surface area contributed by atoms with Crippen molar-refractivity contribution in [3.05, 3.63) is 65.7 Å². The third-order valence-corrected chi connectivity index (χ3v) is 4.94. The zero-order chi connectivity index (χ0) is 18.1. The van der Waals surface area contributed by atoms with Gasteiger partial charge in [-0.15, -0.1) is 0 Å². The van der Waals surface area contributed by atoms with Crippen LogP contribution < -0.4 is 5.46 Å². The highest BCUT2D eigenvalue weighted by Crippen LogP contribution is 2.36. The molecule has 0 atom stereocenters. The first-order valence-corrected chi connectivity index (χ1v) is 8.46. The van der Waals surface area contributed by atoms with Gasteiger partial charge in [0.2, 0.25) is 0 Å². The van der Waals surface area contributed by atoms with Gasteiger partial charge in [-0.25, -0.2) is 0 Å². The molecule has 1 saturated heterocycles. The second-order valence-electron chi connectivity index (χ2n) is 7.20. The van der Waals surface area contributed by atoms with Crippen molar-refractivity contribution in [2.75, 3.05) is 7.11 Å². The number of rotatable bonds is 4. The molecule has 0 unspecified atom stereocenters. The van der Waals surface area contributed by atoms with Gasteiger partial charge in [-0.1, -0.05) is 59.8 Å². The van der Waals surface area contributed by atoms with Crippen LogP contribution in [0.15, 0.2) is 59.8 Å². The molecule has 0 bridgehead atoms. The third-order valence-electron chi connectivity index (χ3n) is 4.94. The van der Waals surface area contributed by atoms with Gasteiger partial charge in [-0.2, -0.15) is 0 Å². The highest BCUT2D eigenvalue weighted by atomic mass is 16.7. The van der Waals surface area contributed by atoms with E-state index >= 15 is 0 Å². The first-order valence-electron chi connectivity index (χ1n) is 8.46. The lowest BCUT2D eigenvalue weighted by atomic mass is 9.78. The fourth-order valence-electron chi connectivity index (χ4n) is 2.74. The van der Waals surface area contributed by atoms with Gasteiger partial charge in [-0.05, 0) is 33.2 Å². The summed E-state index contributed by atoms with van der Waals surface area (Å²) in [6.07, 6.45) is 0. The third kappa shape index (κ3) is 3.48.